The van der Waals surface area contributed by atoms with Crippen LogP contribution in [0.2, 0.25) is 0 Å². The van der Waals surface area contributed by atoms with Crippen molar-refractivity contribution in [3.05, 3.63) is 35.3 Å². The maximum absolute atomic E-state index is 13.9. The largest absolute Gasteiger partial charge is 0.472 e. The molecular formula is C27H36O7. The molecule has 2 saturated carbocycles. The smallest absolute Gasteiger partial charge is 0.305 e. The van der Waals surface area contributed by atoms with E-state index in [1.54, 1.807) is 12.5 Å². The van der Waals surface area contributed by atoms with Crippen LogP contribution in [0.3, 0.4) is 0 Å². The van der Waals surface area contributed by atoms with E-state index in [1.807, 2.05) is 26.8 Å². The molecule has 34 heavy (non-hydrogen) atoms. The lowest BCUT2D eigenvalue weighted by Gasteiger charge is -2.63. The number of aliphatic hydroxyl groups excluding tert-OH is 2. The van der Waals surface area contributed by atoms with E-state index in [1.165, 1.54) is 12.7 Å². The molecule has 4 aliphatic rings. The van der Waals surface area contributed by atoms with Gasteiger partial charge in [-0.2, -0.15) is 0 Å². The van der Waals surface area contributed by atoms with Crippen molar-refractivity contribution in [2.75, 3.05) is 7.11 Å². The van der Waals surface area contributed by atoms with Crippen LogP contribution in [-0.4, -0.2) is 41.5 Å². The predicted molar refractivity (Wildman–Crippen MR) is 122 cm³/mol. The highest BCUT2D eigenvalue weighted by Crippen LogP contribution is 2.67. The highest BCUT2D eigenvalue weighted by Gasteiger charge is 2.67. The van der Waals surface area contributed by atoms with Gasteiger partial charge in [-0.25, -0.2) is 0 Å². The molecule has 3 aliphatic carbocycles. The van der Waals surface area contributed by atoms with Crippen molar-refractivity contribution >= 4 is 11.8 Å². The summed E-state index contributed by atoms with van der Waals surface area (Å²) in [6.45, 7) is 8.12. The molecular weight excluding hydrogens is 436 g/mol. The summed E-state index contributed by atoms with van der Waals surface area (Å²) in [5.74, 6) is -1.23. The fourth-order valence-corrected chi connectivity index (χ4v) is 8.12. The maximum Gasteiger partial charge on any atom is 0.305 e. The van der Waals surface area contributed by atoms with Crippen LogP contribution in [0.1, 0.15) is 71.5 Å². The SMILES string of the molecule is COC(=O)CC1C(C)(C)C(O)C2CC3=C4CC(O)OC(c5ccoc5)[C@]4(C)CCC3[C@@]1(C)C2=O. The number of carbonyl (C=O) groups is 2. The number of fused-ring (bicyclic) bond motifs is 5. The summed E-state index contributed by atoms with van der Waals surface area (Å²) in [7, 11) is 1.36. The Morgan fingerprint density at radius 1 is 1.21 bits per heavy atom. The molecule has 1 aromatic heterocycles. The molecule has 1 saturated heterocycles. The number of carbonyl (C=O) groups excluding carboxylic acids is 2. The van der Waals surface area contributed by atoms with Gasteiger partial charge in [0.2, 0.25) is 0 Å². The third-order valence-electron chi connectivity index (χ3n) is 9.94. The van der Waals surface area contributed by atoms with Gasteiger partial charge in [0.15, 0.2) is 6.29 Å². The van der Waals surface area contributed by atoms with Gasteiger partial charge in [-0.1, -0.05) is 38.8 Å². The molecule has 1 aliphatic heterocycles. The highest BCUT2D eigenvalue weighted by molar-refractivity contribution is 5.92. The predicted octanol–water partition coefficient (Wildman–Crippen LogP) is 3.95. The van der Waals surface area contributed by atoms with E-state index in [2.05, 4.69) is 6.92 Å². The van der Waals surface area contributed by atoms with Crippen LogP contribution in [0.15, 0.2) is 34.2 Å². The minimum absolute atomic E-state index is 0.0453. The van der Waals surface area contributed by atoms with E-state index in [9.17, 15) is 19.8 Å². The summed E-state index contributed by atoms with van der Waals surface area (Å²) < 4.78 is 16.4. The molecule has 7 nitrogen and oxygen atoms in total. The molecule has 0 radical (unpaired) electrons. The molecule has 0 spiro atoms. The van der Waals surface area contributed by atoms with Crippen molar-refractivity contribution in [2.45, 2.75) is 78.3 Å². The maximum atomic E-state index is 13.9. The lowest BCUT2D eigenvalue weighted by atomic mass is 9.40. The van der Waals surface area contributed by atoms with Crippen LogP contribution < -0.4 is 0 Å². The van der Waals surface area contributed by atoms with E-state index >= 15 is 0 Å². The van der Waals surface area contributed by atoms with Gasteiger partial charge in [0.1, 0.15) is 5.78 Å². The number of aliphatic hydroxyl groups is 2. The first kappa shape index (κ1) is 23.8. The first-order valence-electron chi connectivity index (χ1n) is 12.3. The van der Waals surface area contributed by atoms with Crippen molar-refractivity contribution in [1.82, 2.24) is 0 Å². The second-order valence-corrected chi connectivity index (χ2v) is 11.8. The van der Waals surface area contributed by atoms with E-state index in [0.29, 0.717) is 12.8 Å². The summed E-state index contributed by atoms with van der Waals surface area (Å²) in [5, 5.41) is 22.1. The van der Waals surface area contributed by atoms with Crippen LogP contribution in [0.25, 0.3) is 0 Å². The topological polar surface area (TPSA) is 106 Å². The Balaban J connectivity index is 1.66. The Kier molecular flexibility index (Phi) is 5.43. The zero-order valence-corrected chi connectivity index (χ0v) is 20.7. The first-order chi connectivity index (χ1) is 16.0. The molecule has 0 aromatic carbocycles. The highest BCUT2D eigenvalue weighted by atomic mass is 16.6. The second-order valence-electron chi connectivity index (χ2n) is 11.8. The van der Waals surface area contributed by atoms with Gasteiger partial charge in [-0.15, -0.1) is 0 Å². The Bertz CT molecular complexity index is 1020. The van der Waals surface area contributed by atoms with Gasteiger partial charge >= 0.3 is 5.97 Å². The Hall–Kier alpha value is -1.96. The summed E-state index contributed by atoms with van der Waals surface area (Å²) in [6, 6.07) is 1.88. The van der Waals surface area contributed by atoms with Gasteiger partial charge < -0.3 is 24.1 Å². The molecule has 6 unspecified atom stereocenters. The number of hydrogen-bond acceptors (Lipinski definition) is 7. The average Bonchev–Trinajstić information content (AvgIpc) is 3.32. The lowest BCUT2D eigenvalue weighted by molar-refractivity contribution is -0.201. The molecule has 7 heteroatoms. The lowest BCUT2D eigenvalue weighted by Crippen LogP contribution is -2.66. The van der Waals surface area contributed by atoms with Gasteiger partial charge in [-0.05, 0) is 42.6 Å². The quantitative estimate of drug-likeness (QED) is 0.507. The molecule has 1 aromatic rings. The fourth-order valence-electron chi connectivity index (χ4n) is 8.12. The molecule has 2 heterocycles. The number of ether oxygens (including phenoxy) is 2. The van der Waals surface area contributed by atoms with Crippen LogP contribution >= 0.6 is 0 Å². The zero-order valence-electron chi connectivity index (χ0n) is 20.7. The second kappa shape index (κ2) is 7.77. The number of Topliss-reactive ketones (excluding diaryl/α,β-unsaturated/α-hetero) is 1. The Labute approximate surface area is 200 Å². The summed E-state index contributed by atoms with van der Waals surface area (Å²) in [5.41, 5.74) is 1.44. The van der Waals surface area contributed by atoms with Crippen molar-refractivity contribution in [2.24, 2.45) is 34.0 Å². The molecule has 0 amide bonds. The molecule has 8 atom stereocenters. The number of methoxy groups -OCH3 is 1. The number of ketones is 1. The first-order valence-corrected chi connectivity index (χ1v) is 12.3. The summed E-state index contributed by atoms with van der Waals surface area (Å²) in [6.07, 6.45) is 3.66. The van der Waals surface area contributed by atoms with Crippen molar-refractivity contribution in [1.29, 1.82) is 0 Å². The molecule has 3 fully saturated rings. The Morgan fingerprint density at radius 2 is 1.94 bits per heavy atom. The zero-order chi connectivity index (χ0) is 24.6. The number of furan rings is 1. The van der Waals surface area contributed by atoms with E-state index in [4.69, 9.17) is 13.9 Å². The van der Waals surface area contributed by atoms with Crippen LogP contribution in [0, 0.1) is 34.0 Å². The summed E-state index contributed by atoms with van der Waals surface area (Å²) >= 11 is 0. The monoisotopic (exact) mass is 472 g/mol. The number of allylic oxidation sites excluding steroid dienone is 1. The van der Waals surface area contributed by atoms with Crippen LogP contribution in [0.4, 0.5) is 0 Å². The van der Waals surface area contributed by atoms with Gasteiger partial charge in [-0.3, -0.25) is 9.59 Å². The van der Waals surface area contributed by atoms with Crippen molar-refractivity contribution in [3.63, 3.8) is 0 Å². The number of rotatable bonds is 3. The van der Waals surface area contributed by atoms with Gasteiger partial charge in [0.25, 0.3) is 0 Å². The van der Waals surface area contributed by atoms with Crippen LogP contribution in [-0.2, 0) is 19.1 Å². The molecule has 2 N–H and O–H groups in total. The van der Waals surface area contributed by atoms with Gasteiger partial charge in [0, 0.05) is 35.2 Å². The minimum Gasteiger partial charge on any atom is -0.472 e. The molecule has 186 valence electrons. The van der Waals surface area contributed by atoms with E-state index < -0.39 is 29.1 Å². The number of hydrogen-bond donors (Lipinski definition) is 2. The average molecular weight is 473 g/mol. The van der Waals surface area contributed by atoms with E-state index in [-0.39, 0.29) is 41.5 Å². The third kappa shape index (κ3) is 3.06. The van der Waals surface area contributed by atoms with Gasteiger partial charge in [0.05, 0.1) is 31.8 Å². The normalized spacial score (nSPS) is 43.2. The summed E-state index contributed by atoms with van der Waals surface area (Å²) in [4.78, 5) is 26.4. The third-order valence-corrected chi connectivity index (χ3v) is 9.94. The van der Waals surface area contributed by atoms with Crippen LogP contribution in [0.5, 0.6) is 0 Å². The van der Waals surface area contributed by atoms with Crippen molar-refractivity contribution < 1.29 is 33.7 Å². The van der Waals surface area contributed by atoms with E-state index in [0.717, 1.165) is 24.0 Å². The standard InChI is InChI=1S/C27H36O7/c1-25(2)19(12-20(28)32-5)27(4)17-6-8-26(3)18(15(17)10-16(22(25)30)23(27)31)11-21(29)34-24(26)14-7-9-33-13-14/h7,9,13,16-17,19,21-22,24,29-30H,6,8,10-12H2,1-5H3/t16?,17?,19?,21?,22?,24?,26-,27-/m1/s1. The molecule has 2 bridgehead atoms. The fraction of sp³-hybridized carbons (Fsp3) is 0.704. The van der Waals surface area contributed by atoms with Crippen molar-refractivity contribution in [3.8, 4) is 0 Å². The Morgan fingerprint density at radius 3 is 2.59 bits per heavy atom. The minimum atomic E-state index is -0.952. The number of esters is 1. The molecule has 5 rings (SSSR count).